The minimum atomic E-state index is -0.376. The molecule has 2 rings (SSSR count). The molecule has 0 atom stereocenters. The predicted octanol–water partition coefficient (Wildman–Crippen LogP) is 3.46. The number of nitrogens with two attached hydrogens (primary N) is 1. The van der Waals surface area contributed by atoms with Crippen molar-refractivity contribution in [2.45, 2.75) is 20.3 Å². The summed E-state index contributed by atoms with van der Waals surface area (Å²) in [5, 5.41) is 3.03. The zero-order valence-corrected chi connectivity index (χ0v) is 11.0. The van der Waals surface area contributed by atoms with E-state index >= 15 is 0 Å². The van der Waals surface area contributed by atoms with Crippen LogP contribution in [0.4, 0.5) is 0 Å². The zero-order chi connectivity index (χ0) is 12.5. The van der Waals surface area contributed by atoms with Crippen LogP contribution in [0.5, 0.6) is 0 Å². The highest BCUT2D eigenvalue weighted by Gasteiger charge is 2.29. The Hall–Kier alpha value is -1.19. The van der Waals surface area contributed by atoms with Gasteiger partial charge in [-0.2, -0.15) is 0 Å². The number of hydrogen-bond donors (Lipinski definition) is 1. The highest BCUT2D eigenvalue weighted by molar-refractivity contribution is 7.17. The maximum Gasteiger partial charge on any atom is 0.169 e. The Bertz CT molecular complexity index is 542. The lowest BCUT2D eigenvalue weighted by Gasteiger charge is -2.21. The van der Waals surface area contributed by atoms with Gasteiger partial charge in [0.25, 0.3) is 0 Å². The number of carbonyl (C=O) groups is 1. The first-order chi connectivity index (χ1) is 8.06. The van der Waals surface area contributed by atoms with Crippen LogP contribution in [0.3, 0.4) is 0 Å². The van der Waals surface area contributed by atoms with Crippen LogP contribution in [-0.4, -0.2) is 12.3 Å². The van der Waals surface area contributed by atoms with Crippen molar-refractivity contribution in [1.82, 2.24) is 0 Å². The quantitative estimate of drug-likeness (QED) is 0.841. The van der Waals surface area contributed by atoms with E-state index in [1.54, 1.807) is 11.3 Å². The molecule has 2 N–H and O–H groups in total. The Kier molecular flexibility index (Phi) is 3.31. The van der Waals surface area contributed by atoms with Crippen LogP contribution in [0.25, 0.3) is 10.1 Å². The Labute approximate surface area is 105 Å². The largest absolute Gasteiger partial charge is 0.330 e. The number of thiophene rings is 1. The molecule has 0 aliphatic carbocycles. The fourth-order valence-electron chi connectivity index (χ4n) is 1.99. The van der Waals surface area contributed by atoms with Gasteiger partial charge in [0.15, 0.2) is 5.78 Å². The fourth-order valence-corrected chi connectivity index (χ4v) is 2.93. The van der Waals surface area contributed by atoms with E-state index in [1.807, 2.05) is 43.5 Å². The highest BCUT2D eigenvalue weighted by Crippen LogP contribution is 2.32. The Morgan fingerprint density at radius 2 is 2.06 bits per heavy atom. The van der Waals surface area contributed by atoms with E-state index in [1.165, 1.54) is 4.70 Å². The van der Waals surface area contributed by atoms with E-state index in [0.29, 0.717) is 6.54 Å². The van der Waals surface area contributed by atoms with Gasteiger partial charge in [0, 0.05) is 26.4 Å². The van der Waals surface area contributed by atoms with Crippen molar-refractivity contribution in [3.8, 4) is 0 Å². The molecule has 0 unspecified atom stereocenters. The van der Waals surface area contributed by atoms with E-state index < -0.39 is 0 Å². The second kappa shape index (κ2) is 4.59. The molecule has 0 aliphatic heterocycles. The summed E-state index contributed by atoms with van der Waals surface area (Å²) in [6.07, 6.45) is 0.718. The molecule has 2 nitrogen and oxygen atoms in total. The Morgan fingerprint density at radius 3 is 2.76 bits per heavy atom. The number of benzene rings is 1. The smallest absolute Gasteiger partial charge is 0.169 e. The molecule has 17 heavy (non-hydrogen) atoms. The minimum Gasteiger partial charge on any atom is -0.330 e. The summed E-state index contributed by atoms with van der Waals surface area (Å²) in [7, 11) is 0. The standard InChI is InChI=1S/C14H17NOS/c1-14(2,7-8-15)13(16)11-9-17-12-6-4-3-5-10(11)12/h3-6,9H,7-8,15H2,1-2H3. The topological polar surface area (TPSA) is 43.1 Å². The van der Waals surface area contributed by atoms with Crippen molar-refractivity contribution in [3.63, 3.8) is 0 Å². The van der Waals surface area contributed by atoms with Gasteiger partial charge in [-0.05, 0) is 19.0 Å². The molecule has 0 radical (unpaired) electrons. The molecule has 1 heterocycles. The van der Waals surface area contributed by atoms with Gasteiger partial charge in [-0.1, -0.05) is 32.0 Å². The SMILES string of the molecule is CC(C)(CCN)C(=O)c1csc2ccccc12. The molecule has 0 saturated carbocycles. The first-order valence-electron chi connectivity index (χ1n) is 5.77. The second-order valence-corrected chi connectivity index (χ2v) is 5.81. The summed E-state index contributed by atoms with van der Waals surface area (Å²) < 4.78 is 1.17. The van der Waals surface area contributed by atoms with Gasteiger partial charge in [-0.25, -0.2) is 0 Å². The summed E-state index contributed by atoms with van der Waals surface area (Å²) in [5.41, 5.74) is 6.03. The van der Waals surface area contributed by atoms with Crippen LogP contribution in [0.2, 0.25) is 0 Å². The lowest BCUT2D eigenvalue weighted by atomic mass is 9.81. The van der Waals surface area contributed by atoms with Gasteiger partial charge in [0.1, 0.15) is 0 Å². The predicted molar refractivity (Wildman–Crippen MR) is 73.6 cm³/mol. The molecule has 2 aromatic rings. The Morgan fingerprint density at radius 1 is 1.35 bits per heavy atom. The van der Waals surface area contributed by atoms with Gasteiger partial charge in [-0.15, -0.1) is 11.3 Å². The molecular weight excluding hydrogens is 230 g/mol. The summed E-state index contributed by atoms with van der Waals surface area (Å²) >= 11 is 1.62. The van der Waals surface area contributed by atoms with Crippen molar-refractivity contribution < 1.29 is 4.79 Å². The van der Waals surface area contributed by atoms with Gasteiger partial charge < -0.3 is 5.73 Å². The summed E-state index contributed by atoms with van der Waals surface area (Å²) in [5.74, 6) is 0.195. The van der Waals surface area contributed by atoms with Crippen molar-refractivity contribution in [2.24, 2.45) is 11.1 Å². The molecule has 0 bridgehead atoms. The van der Waals surface area contributed by atoms with Crippen LogP contribution in [0, 0.1) is 5.41 Å². The molecule has 1 aromatic carbocycles. The fraction of sp³-hybridized carbons (Fsp3) is 0.357. The van der Waals surface area contributed by atoms with Crippen LogP contribution >= 0.6 is 11.3 Å². The number of carbonyl (C=O) groups excluding carboxylic acids is 1. The van der Waals surface area contributed by atoms with Crippen LogP contribution < -0.4 is 5.73 Å². The zero-order valence-electron chi connectivity index (χ0n) is 10.2. The van der Waals surface area contributed by atoms with Crippen LogP contribution in [-0.2, 0) is 0 Å². The number of hydrogen-bond acceptors (Lipinski definition) is 3. The van der Waals surface area contributed by atoms with E-state index in [9.17, 15) is 4.79 Å². The first kappa shape index (κ1) is 12.3. The molecule has 0 amide bonds. The highest BCUT2D eigenvalue weighted by atomic mass is 32.1. The maximum absolute atomic E-state index is 12.5. The Balaban J connectivity index is 2.43. The summed E-state index contributed by atoms with van der Waals surface area (Å²) in [4.78, 5) is 12.5. The molecule has 0 aliphatic rings. The third-order valence-corrected chi connectivity index (χ3v) is 4.07. The summed E-state index contributed by atoms with van der Waals surface area (Å²) in [6, 6.07) is 8.03. The molecule has 90 valence electrons. The average Bonchev–Trinajstić information content (AvgIpc) is 2.71. The molecule has 3 heteroatoms. The van der Waals surface area contributed by atoms with Gasteiger partial charge >= 0.3 is 0 Å². The first-order valence-corrected chi connectivity index (χ1v) is 6.65. The normalized spacial score (nSPS) is 11.9. The monoisotopic (exact) mass is 247 g/mol. The minimum absolute atomic E-state index is 0.195. The van der Waals surface area contributed by atoms with E-state index in [-0.39, 0.29) is 11.2 Å². The van der Waals surface area contributed by atoms with Crippen LogP contribution in [0.15, 0.2) is 29.6 Å². The van der Waals surface area contributed by atoms with Crippen molar-refractivity contribution in [3.05, 3.63) is 35.2 Å². The lowest BCUT2D eigenvalue weighted by molar-refractivity contribution is 0.0832. The summed E-state index contributed by atoms with van der Waals surface area (Å²) in [6.45, 7) is 4.48. The average molecular weight is 247 g/mol. The molecular formula is C14H17NOS. The second-order valence-electron chi connectivity index (χ2n) is 4.90. The van der Waals surface area contributed by atoms with E-state index in [0.717, 1.165) is 17.4 Å². The molecule has 0 saturated heterocycles. The maximum atomic E-state index is 12.5. The van der Waals surface area contributed by atoms with Crippen LogP contribution in [0.1, 0.15) is 30.6 Å². The molecule has 0 spiro atoms. The number of Topliss-reactive ketones (excluding diaryl/α,β-unsaturated/α-hetero) is 1. The number of ketones is 1. The molecule has 1 aromatic heterocycles. The third kappa shape index (κ3) is 2.26. The van der Waals surface area contributed by atoms with Crippen molar-refractivity contribution in [2.75, 3.05) is 6.54 Å². The molecule has 0 fully saturated rings. The third-order valence-electron chi connectivity index (χ3n) is 3.11. The number of rotatable bonds is 4. The van der Waals surface area contributed by atoms with Gasteiger partial charge in [0.2, 0.25) is 0 Å². The van der Waals surface area contributed by atoms with Gasteiger partial charge in [0.05, 0.1) is 0 Å². The lowest BCUT2D eigenvalue weighted by Crippen LogP contribution is -2.27. The van der Waals surface area contributed by atoms with E-state index in [2.05, 4.69) is 0 Å². The van der Waals surface area contributed by atoms with Crippen molar-refractivity contribution >= 4 is 27.2 Å². The van der Waals surface area contributed by atoms with Crippen molar-refractivity contribution in [1.29, 1.82) is 0 Å². The van der Waals surface area contributed by atoms with E-state index in [4.69, 9.17) is 5.73 Å². The van der Waals surface area contributed by atoms with Gasteiger partial charge in [-0.3, -0.25) is 4.79 Å². The number of fused-ring (bicyclic) bond motifs is 1.